The first-order valence-corrected chi connectivity index (χ1v) is 13.2. The van der Waals surface area contributed by atoms with E-state index in [1.807, 2.05) is 18.2 Å². The molecule has 7 nitrogen and oxygen atoms in total. The number of amides is 1. The molecule has 192 valence electrons. The fourth-order valence-corrected chi connectivity index (χ4v) is 5.65. The lowest BCUT2D eigenvalue weighted by Crippen LogP contribution is -2.44. The van der Waals surface area contributed by atoms with Gasteiger partial charge in [-0.15, -0.1) is 12.4 Å². The number of sulfonamides is 1. The van der Waals surface area contributed by atoms with Crippen LogP contribution >= 0.6 is 12.4 Å². The molecule has 0 aliphatic carbocycles. The largest absolute Gasteiger partial charge is 0.495 e. The van der Waals surface area contributed by atoms with Crippen LogP contribution in [0.2, 0.25) is 0 Å². The summed E-state index contributed by atoms with van der Waals surface area (Å²) in [6.45, 7) is 4.41. The second kappa shape index (κ2) is 12.3. The smallest absolute Gasteiger partial charge is 0.262 e. The Morgan fingerprint density at radius 1 is 1.00 bits per heavy atom. The van der Waals surface area contributed by atoms with Crippen LogP contribution in [0.5, 0.6) is 5.75 Å². The highest BCUT2D eigenvalue weighted by molar-refractivity contribution is 7.92. The molecule has 0 unspecified atom stereocenters. The van der Waals surface area contributed by atoms with Gasteiger partial charge in [-0.05, 0) is 55.2 Å². The Hall–Kier alpha value is -3.07. The maximum Gasteiger partial charge on any atom is 0.262 e. The number of nitrogens with one attached hydrogen (secondary N) is 2. The second-order valence-electron chi connectivity index (χ2n) is 8.80. The third-order valence-electron chi connectivity index (χ3n) is 6.26. The van der Waals surface area contributed by atoms with E-state index < -0.39 is 10.0 Å². The van der Waals surface area contributed by atoms with Gasteiger partial charge in [0.15, 0.2) is 0 Å². The standard InChI is InChI=1S/C27H31N3O4S.ClH/c1-20-12-13-22(18-26(20)35(32,33)29-24-10-6-7-11-25(24)34-2)27(31)28-23-14-16-30(17-15-23)19-21-8-4-3-5-9-21;/h3-13,18,23,29H,14-17,19H2,1-2H3,(H,28,31);1H. The first kappa shape index (κ1) is 27.5. The Morgan fingerprint density at radius 2 is 1.67 bits per heavy atom. The number of anilines is 1. The molecule has 0 spiro atoms. The third-order valence-corrected chi connectivity index (χ3v) is 7.77. The van der Waals surface area contributed by atoms with Gasteiger partial charge in [-0.3, -0.25) is 14.4 Å². The molecular weight excluding hydrogens is 498 g/mol. The number of carbonyl (C=O) groups excluding carboxylic acids is 1. The van der Waals surface area contributed by atoms with Crippen molar-refractivity contribution < 1.29 is 17.9 Å². The van der Waals surface area contributed by atoms with E-state index >= 15 is 0 Å². The molecule has 1 saturated heterocycles. The van der Waals surface area contributed by atoms with E-state index in [-0.39, 0.29) is 29.3 Å². The van der Waals surface area contributed by atoms with Crippen LogP contribution in [0.1, 0.15) is 34.3 Å². The maximum absolute atomic E-state index is 13.1. The molecule has 36 heavy (non-hydrogen) atoms. The van der Waals surface area contributed by atoms with E-state index in [1.165, 1.54) is 18.7 Å². The van der Waals surface area contributed by atoms with E-state index in [0.29, 0.717) is 22.6 Å². The van der Waals surface area contributed by atoms with Gasteiger partial charge < -0.3 is 10.1 Å². The Morgan fingerprint density at radius 3 is 2.36 bits per heavy atom. The third kappa shape index (κ3) is 6.78. The number of piperidine rings is 1. The molecule has 1 fully saturated rings. The fourth-order valence-electron chi connectivity index (χ4n) is 4.31. The molecule has 1 heterocycles. The van der Waals surface area contributed by atoms with E-state index in [9.17, 15) is 13.2 Å². The highest BCUT2D eigenvalue weighted by Gasteiger charge is 2.24. The van der Waals surface area contributed by atoms with Crippen molar-refractivity contribution in [3.63, 3.8) is 0 Å². The minimum Gasteiger partial charge on any atom is -0.495 e. The van der Waals surface area contributed by atoms with Crippen LogP contribution in [0.25, 0.3) is 0 Å². The average Bonchev–Trinajstić information content (AvgIpc) is 2.86. The summed E-state index contributed by atoms with van der Waals surface area (Å²) in [5.41, 5.74) is 2.50. The highest BCUT2D eigenvalue weighted by atomic mass is 35.5. The predicted octanol–water partition coefficient (Wildman–Crippen LogP) is 4.62. The van der Waals surface area contributed by atoms with Crippen molar-refractivity contribution in [1.82, 2.24) is 10.2 Å². The van der Waals surface area contributed by atoms with Crippen LogP contribution in [0.4, 0.5) is 5.69 Å². The van der Waals surface area contributed by atoms with Crippen molar-refractivity contribution in [3.05, 3.63) is 89.5 Å². The number of nitrogens with zero attached hydrogens (tertiary/aromatic N) is 1. The SMILES string of the molecule is COc1ccccc1NS(=O)(=O)c1cc(C(=O)NC2CCN(Cc3ccccc3)CC2)ccc1C.Cl. The predicted molar refractivity (Wildman–Crippen MR) is 144 cm³/mol. The lowest BCUT2D eigenvalue weighted by Gasteiger charge is -2.32. The number of para-hydroxylation sites is 2. The van der Waals surface area contributed by atoms with Crippen molar-refractivity contribution in [2.75, 3.05) is 24.9 Å². The summed E-state index contributed by atoms with van der Waals surface area (Å²) in [6.07, 6.45) is 1.70. The second-order valence-corrected chi connectivity index (χ2v) is 10.4. The molecule has 1 amide bonds. The number of hydrogen-bond donors (Lipinski definition) is 2. The quantitative estimate of drug-likeness (QED) is 0.444. The van der Waals surface area contributed by atoms with E-state index in [0.717, 1.165) is 32.5 Å². The summed E-state index contributed by atoms with van der Waals surface area (Å²) in [5, 5.41) is 3.08. The zero-order chi connectivity index (χ0) is 24.8. The van der Waals surface area contributed by atoms with Gasteiger partial charge in [-0.2, -0.15) is 0 Å². The molecule has 3 aromatic carbocycles. The zero-order valence-corrected chi connectivity index (χ0v) is 22.1. The monoisotopic (exact) mass is 529 g/mol. The van der Waals surface area contributed by atoms with Crippen LogP contribution in [0.15, 0.2) is 77.7 Å². The Bertz CT molecular complexity index is 1280. The Kier molecular flexibility index (Phi) is 9.37. The normalized spacial score (nSPS) is 14.5. The van der Waals surface area contributed by atoms with Crippen LogP contribution in [0.3, 0.4) is 0 Å². The van der Waals surface area contributed by atoms with Crippen LogP contribution in [-0.2, 0) is 16.6 Å². The van der Waals surface area contributed by atoms with E-state index in [4.69, 9.17) is 4.74 Å². The summed E-state index contributed by atoms with van der Waals surface area (Å²) in [7, 11) is -2.44. The molecule has 0 bridgehead atoms. The van der Waals surface area contributed by atoms with Gasteiger partial charge in [0.05, 0.1) is 17.7 Å². The number of benzene rings is 3. The lowest BCUT2D eigenvalue weighted by atomic mass is 10.0. The summed E-state index contributed by atoms with van der Waals surface area (Å²) in [4.78, 5) is 15.4. The lowest BCUT2D eigenvalue weighted by molar-refractivity contribution is 0.0908. The highest BCUT2D eigenvalue weighted by Crippen LogP contribution is 2.27. The average molecular weight is 530 g/mol. The number of methoxy groups -OCH3 is 1. The molecule has 1 aliphatic heterocycles. The summed E-state index contributed by atoms with van der Waals surface area (Å²) < 4.78 is 34.1. The molecule has 2 N–H and O–H groups in total. The van der Waals surface area contributed by atoms with Crippen molar-refractivity contribution in [1.29, 1.82) is 0 Å². The number of likely N-dealkylation sites (tertiary alicyclic amines) is 1. The summed E-state index contributed by atoms with van der Waals surface area (Å²) in [5.74, 6) is 0.154. The number of rotatable bonds is 8. The Labute approximate surface area is 219 Å². The van der Waals surface area contributed by atoms with Gasteiger partial charge in [0.25, 0.3) is 15.9 Å². The van der Waals surface area contributed by atoms with Gasteiger partial charge in [-0.1, -0.05) is 48.5 Å². The molecule has 4 rings (SSSR count). The molecular formula is C27H32ClN3O4S. The van der Waals surface area contributed by atoms with Gasteiger partial charge in [0.1, 0.15) is 5.75 Å². The first-order valence-electron chi connectivity index (χ1n) is 11.7. The van der Waals surface area contributed by atoms with Crippen LogP contribution < -0.4 is 14.8 Å². The minimum atomic E-state index is -3.92. The van der Waals surface area contributed by atoms with Crippen LogP contribution in [0, 0.1) is 6.92 Å². The summed E-state index contributed by atoms with van der Waals surface area (Å²) >= 11 is 0. The van der Waals surface area contributed by atoms with Crippen molar-refractivity contribution in [2.24, 2.45) is 0 Å². The number of halogens is 1. The maximum atomic E-state index is 13.1. The molecule has 0 radical (unpaired) electrons. The number of carbonyl (C=O) groups is 1. The van der Waals surface area contributed by atoms with Crippen molar-refractivity contribution in [3.8, 4) is 5.75 Å². The van der Waals surface area contributed by atoms with Crippen molar-refractivity contribution in [2.45, 2.75) is 37.2 Å². The van der Waals surface area contributed by atoms with Gasteiger partial charge in [0.2, 0.25) is 0 Å². The molecule has 1 aliphatic rings. The Balaban J connectivity index is 0.00000361. The van der Waals surface area contributed by atoms with Crippen molar-refractivity contribution >= 4 is 34.0 Å². The van der Waals surface area contributed by atoms with Gasteiger partial charge in [-0.25, -0.2) is 8.42 Å². The molecule has 3 aromatic rings. The first-order chi connectivity index (χ1) is 16.9. The van der Waals surface area contributed by atoms with Gasteiger partial charge >= 0.3 is 0 Å². The molecule has 0 atom stereocenters. The fraction of sp³-hybridized carbons (Fsp3) is 0.296. The number of aryl methyl sites for hydroxylation is 1. The topological polar surface area (TPSA) is 87.7 Å². The molecule has 0 aromatic heterocycles. The number of ether oxygens (including phenoxy) is 1. The van der Waals surface area contributed by atoms with Gasteiger partial charge in [0, 0.05) is 31.2 Å². The van der Waals surface area contributed by atoms with E-state index in [1.54, 1.807) is 43.3 Å². The number of hydrogen-bond acceptors (Lipinski definition) is 5. The summed E-state index contributed by atoms with van der Waals surface area (Å²) in [6, 6.07) is 22.0. The van der Waals surface area contributed by atoms with Crippen LogP contribution in [-0.4, -0.2) is 45.5 Å². The molecule has 0 saturated carbocycles. The zero-order valence-electron chi connectivity index (χ0n) is 20.4. The van der Waals surface area contributed by atoms with E-state index in [2.05, 4.69) is 27.1 Å². The minimum absolute atomic E-state index is 0. The molecule has 9 heteroatoms.